The van der Waals surface area contributed by atoms with Gasteiger partial charge < -0.3 is 4.90 Å². The fraction of sp³-hybridized carbons (Fsp3) is 0.167. The van der Waals surface area contributed by atoms with E-state index in [1.54, 1.807) is 6.20 Å². The summed E-state index contributed by atoms with van der Waals surface area (Å²) in [5.74, 6) is 0. The maximum absolute atomic E-state index is 10.6. The Morgan fingerprint density at radius 1 is 1.41 bits per heavy atom. The molecule has 0 aliphatic heterocycles. The first-order chi connectivity index (χ1) is 8.19. The number of nitrogens with zero attached hydrogens (tertiary/aromatic N) is 2. The summed E-state index contributed by atoms with van der Waals surface area (Å²) in [6, 6.07) is 8.16. The van der Waals surface area contributed by atoms with Gasteiger partial charge in [0.15, 0.2) is 11.4 Å². The Hall–Kier alpha value is -1.20. The van der Waals surface area contributed by atoms with E-state index in [2.05, 4.69) is 33.0 Å². The highest BCUT2D eigenvalue weighted by Crippen LogP contribution is 2.22. The predicted octanol–water partition coefficient (Wildman–Crippen LogP) is 3.35. The standard InChI is InChI=1S/C12H11BrN2OS/c1-15(12-14-6-11(8-16)17-12)7-9-2-4-10(13)5-3-9/h2-6,8H,7H2,1H3. The van der Waals surface area contributed by atoms with E-state index in [0.717, 1.165) is 22.4 Å². The fourth-order valence-electron chi connectivity index (χ4n) is 1.44. The van der Waals surface area contributed by atoms with E-state index < -0.39 is 0 Å². The number of thiazole rings is 1. The van der Waals surface area contributed by atoms with Crippen LogP contribution in [-0.2, 0) is 6.54 Å². The maximum atomic E-state index is 10.6. The predicted molar refractivity (Wildman–Crippen MR) is 73.8 cm³/mol. The molecular formula is C12H11BrN2OS. The molecule has 1 heterocycles. The van der Waals surface area contributed by atoms with Crippen molar-refractivity contribution in [3.63, 3.8) is 0 Å². The molecule has 0 saturated heterocycles. The third-order valence-corrected chi connectivity index (χ3v) is 3.85. The number of anilines is 1. The van der Waals surface area contributed by atoms with Crippen LogP contribution in [0.5, 0.6) is 0 Å². The Labute approximate surface area is 112 Å². The van der Waals surface area contributed by atoms with E-state index in [0.29, 0.717) is 4.88 Å². The van der Waals surface area contributed by atoms with Gasteiger partial charge in [-0.3, -0.25) is 4.79 Å². The van der Waals surface area contributed by atoms with Crippen molar-refractivity contribution in [2.45, 2.75) is 6.54 Å². The SMILES string of the molecule is CN(Cc1ccc(Br)cc1)c1ncc(C=O)s1. The fourth-order valence-corrected chi connectivity index (χ4v) is 2.39. The van der Waals surface area contributed by atoms with Crippen LogP contribution in [0.15, 0.2) is 34.9 Å². The molecule has 0 fully saturated rings. The van der Waals surface area contributed by atoms with Crippen LogP contribution in [0.2, 0.25) is 0 Å². The van der Waals surface area contributed by atoms with Gasteiger partial charge in [0.05, 0.1) is 11.1 Å². The van der Waals surface area contributed by atoms with E-state index in [4.69, 9.17) is 0 Å². The van der Waals surface area contributed by atoms with E-state index in [9.17, 15) is 4.79 Å². The van der Waals surface area contributed by atoms with Gasteiger partial charge in [-0.05, 0) is 17.7 Å². The van der Waals surface area contributed by atoms with Crippen molar-refractivity contribution in [3.8, 4) is 0 Å². The zero-order valence-electron chi connectivity index (χ0n) is 9.26. The van der Waals surface area contributed by atoms with Gasteiger partial charge in [0.1, 0.15) is 0 Å². The molecular weight excluding hydrogens is 300 g/mol. The molecule has 3 nitrogen and oxygen atoms in total. The summed E-state index contributed by atoms with van der Waals surface area (Å²) < 4.78 is 1.07. The van der Waals surface area contributed by atoms with Crippen molar-refractivity contribution >= 4 is 38.7 Å². The van der Waals surface area contributed by atoms with Crippen molar-refractivity contribution in [2.75, 3.05) is 11.9 Å². The molecule has 88 valence electrons. The minimum absolute atomic E-state index is 0.655. The average molecular weight is 311 g/mol. The quantitative estimate of drug-likeness (QED) is 0.812. The zero-order valence-corrected chi connectivity index (χ0v) is 11.7. The smallest absolute Gasteiger partial charge is 0.185 e. The summed E-state index contributed by atoms with van der Waals surface area (Å²) in [6.45, 7) is 0.777. The number of hydrogen-bond acceptors (Lipinski definition) is 4. The lowest BCUT2D eigenvalue weighted by atomic mass is 10.2. The number of carbonyl (C=O) groups is 1. The summed E-state index contributed by atoms with van der Waals surface area (Å²) >= 11 is 4.81. The molecule has 2 rings (SSSR count). The number of aromatic nitrogens is 1. The molecule has 0 saturated carbocycles. The summed E-state index contributed by atoms with van der Waals surface area (Å²) in [5.41, 5.74) is 1.21. The third-order valence-electron chi connectivity index (χ3n) is 2.29. The van der Waals surface area contributed by atoms with Crippen molar-refractivity contribution in [1.29, 1.82) is 0 Å². The van der Waals surface area contributed by atoms with Gasteiger partial charge in [-0.15, -0.1) is 0 Å². The van der Waals surface area contributed by atoms with E-state index in [-0.39, 0.29) is 0 Å². The monoisotopic (exact) mass is 310 g/mol. The Bertz CT molecular complexity index is 509. The molecule has 0 spiro atoms. The summed E-state index contributed by atoms with van der Waals surface area (Å²) in [6.07, 6.45) is 2.43. The highest BCUT2D eigenvalue weighted by Gasteiger charge is 2.07. The van der Waals surface area contributed by atoms with Crippen molar-refractivity contribution in [3.05, 3.63) is 45.4 Å². The van der Waals surface area contributed by atoms with Crippen LogP contribution in [0.4, 0.5) is 5.13 Å². The highest BCUT2D eigenvalue weighted by atomic mass is 79.9. The van der Waals surface area contributed by atoms with Crippen LogP contribution < -0.4 is 4.90 Å². The molecule has 0 unspecified atom stereocenters. The van der Waals surface area contributed by atoms with Crippen LogP contribution in [0.3, 0.4) is 0 Å². The van der Waals surface area contributed by atoms with Crippen LogP contribution in [0.1, 0.15) is 15.2 Å². The van der Waals surface area contributed by atoms with Crippen molar-refractivity contribution < 1.29 is 4.79 Å². The van der Waals surface area contributed by atoms with Gasteiger partial charge in [-0.1, -0.05) is 39.4 Å². The van der Waals surface area contributed by atoms with Crippen molar-refractivity contribution in [1.82, 2.24) is 4.98 Å². The van der Waals surface area contributed by atoms with Gasteiger partial charge >= 0.3 is 0 Å². The third kappa shape index (κ3) is 3.14. The second kappa shape index (κ2) is 5.42. The molecule has 0 aliphatic carbocycles. The van der Waals surface area contributed by atoms with Gasteiger partial charge in [-0.2, -0.15) is 0 Å². The lowest BCUT2D eigenvalue weighted by Crippen LogP contribution is -2.15. The van der Waals surface area contributed by atoms with E-state index >= 15 is 0 Å². The number of carbonyl (C=O) groups excluding carboxylic acids is 1. The molecule has 0 radical (unpaired) electrons. The minimum Gasteiger partial charge on any atom is -0.347 e. The van der Waals surface area contributed by atoms with Gasteiger partial charge in [0, 0.05) is 18.1 Å². The van der Waals surface area contributed by atoms with E-state index in [1.807, 2.05) is 24.1 Å². The molecule has 0 amide bonds. The molecule has 0 bridgehead atoms. The average Bonchev–Trinajstić information content (AvgIpc) is 2.81. The largest absolute Gasteiger partial charge is 0.347 e. The van der Waals surface area contributed by atoms with Gasteiger partial charge in [0.2, 0.25) is 0 Å². The topological polar surface area (TPSA) is 33.2 Å². The first-order valence-electron chi connectivity index (χ1n) is 5.05. The van der Waals surface area contributed by atoms with E-state index in [1.165, 1.54) is 16.9 Å². The molecule has 5 heteroatoms. The normalized spacial score (nSPS) is 10.2. The van der Waals surface area contributed by atoms with Crippen molar-refractivity contribution in [2.24, 2.45) is 0 Å². The first kappa shape index (κ1) is 12.3. The molecule has 17 heavy (non-hydrogen) atoms. The zero-order chi connectivity index (χ0) is 12.3. The van der Waals surface area contributed by atoms with Crippen LogP contribution in [-0.4, -0.2) is 18.3 Å². The number of rotatable bonds is 4. The Kier molecular flexibility index (Phi) is 3.91. The molecule has 0 aliphatic rings. The highest BCUT2D eigenvalue weighted by molar-refractivity contribution is 9.10. The minimum atomic E-state index is 0.655. The number of aldehydes is 1. The molecule has 1 aromatic carbocycles. The Balaban J connectivity index is 2.08. The Morgan fingerprint density at radius 2 is 2.12 bits per heavy atom. The van der Waals surface area contributed by atoms with Gasteiger partial charge in [-0.25, -0.2) is 4.98 Å². The second-order valence-corrected chi connectivity index (χ2v) is 5.60. The number of benzene rings is 1. The van der Waals surface area contributed by atoms with Crippen LogP contribution in [0.25, 0.3) is 0 Å². The van der Waals surface area contributed by atoms with Gasteiger partial charge in [0.25, 0.3) is 0 Å². The summed E-state index contributed by atoms with van der Waals surface area (Å²) in [7, 11) is 1.97. The lowest BCUT2D eigenvalue weighted by molar-refractivity contribution is 0.112. The van der Waals surface area contributed by atoms with Crippen LogP contribution in [0, 0.1) is 0 Å². The molecule has 0 N–H and O–H groups in total. The molecule has 2 aromatic rings. The second-order valence-electron chi connectivity index (χ2n) is 3.65. The Morgan fingerprint density at radius 3 is 2.71 bits per heavy atom. The number of halogens is 1. The summed E-state index contributed by atoms with van der Waals surface area (Å²) in [4.78, 5) is 17.5. The summed E-state index contributed by atoms with van der Waals surface area (Å²) in [5, 5.41) is 0.856. The lowest BCUT2D eigenvalue weighted by Gasteiger charge is -2.15. The molecule has 0 atom stereocenters. The first-order valence-corrected chi connectivity index (χ1v) is 6.66. The van der Waals surface area contributed by atoms with Crippen LogP contribution >= 0.6 is 27.3 Å². The number of hydrogen-bond donors (Lipinski definition) is 0. The molecule has 1 aromatic heterocycles. The maximum Gasteiger partial charge on any atom is 0.185 e.